The van der Waals surface area contributed by atoms with Crippen LogP contribution in [0.1, 0.15) is 39.0 Å². The summed E-state index contributed by atoms with van der Waals surface area (Å²) < 4.78 is 5.50. The van der Waals surface area contributed by atoms with Gasteiger partial charge in [-0.05, 0) is 31.1 Å². The van der Waals surface area contributed by atoms with Crippen molar-refractivity contribution in [3.05, 3.63) is 0 Å². The number of halogens is 1. The first-order valence-corrected chi connectivity index (χ1v) is 6.09. The highest BCUT2D eigenvalue weighted by Gasteiger charge is 2.35. The molecule has 0 aromatic rings. The number of rotatable bonds is 6. The molecule has 0 heterocycles. The van der Waals surface area contributed by atoms with Gasteiger partial charge in [-0.25, -0.2) is 0 Å². The molecule has 1 aliphatic carbocycles. The molecular formula is C10H19BrO. The van der Waals surface area contributed by atoms with Gasteiger partial charge in [0.15, 0.2) is 0 Å². The maximum absolute atomic E-state index is 5.50. The number of hydrogen-bond donors (Lipinski definition) is 0. The van der Waals surface area contributed by atoms with Crippen LogP contribution in [0, 0.1) is 5.41 Å². The molecule has 1 fully saturated rings. The van der Waals surface area contributed by atoms with E-state index in [-0.39, 0.29) is 0 Å². The van der Waals surface area contributed by atoms with Crippen LogP contribution in [0.2, 0.25) is 0 Å². The van der Waals surface area contributed by atoms with Crippen LogP contribution in [0.25, 0.3) is 0 Å². The standard InChI is InChI=1S/C10H19BrO/c1-2-7-12-8-6-10(9-11)4-3-5-10/h2-9H2,1H3. The normalized spacial score (nSPS) is 20.5. The van der Waals surface area contributed by atoms with Crippen LogP contribution in [0.15, 0.2) is 0 Å². The Morgan fingerprint density at radius 2 is 2.08 bits per heavy atom. The summed E-state index contributed by atoms with van der Waals surface area (Å²) in [7, 11) is 0. The zero-order valence-electron chi connectivity index (χ0n) is 7.94. The van der Waals surface area contributed by atoms with Crippen molar-refractivity contribution < 1.29 is 4.74 Å². The number of alkyl halides is 1. The Labute approximate surface area is 84.0 Å². The third-order valence-corrected chi connectivity index (χ3v) is 4.01. The Bertz CT molecular complexity index is 115. The summed E-state index contributed by atoms with van der Waals surface area (Å²) in [6.07, 6.45) is 6.60. The first-order chi connectivity index (χ1) is 5.83. The second-order valence-electron chi connectivity index (χ2n) is 3.85. The van der Waals surface area contributed by atoms with Gasteiger partial charge in [0.2, 0.25) is 0 Å². The van der Waals surface area contributed by atoms with E-state index in [1.165, 1.54) is 25.7 Å². The fourth-order valence-electron chi connectivity index (χ4n) is 1.66. The zero-order chi connectivity index (χ0) is 8.86. The second-order valence-corrected chi connectivity index (χ2v) is 4.41. The lowest BCUT2D eigenvalue weighted by Gasteiger charge is -2.40. The molecule has 0 unspecified atom stereocenters. The minimum Gasteiger partial charge on any atom is -0.381 e. The van der Waals surface area contributed by atoms with Crippen molar-refractivity contribution in [1.29, 1.82) is 0 Å². The van der Waals surface area contributed by atoms with Gasteiger partial charge in [0.05, 0.1) is 0 Å². The Kier molecular flexibility index (Phi) is 4.59. The maximum Gasteiger partial charge on any atom is 0.0471 e. The van der Waals surface area contributed by atoms with Gasteiger partial charge in [-0.15, -0.1) is 0 Å². The van der Waals surface area contributed by atoms with Crippen LogP contribution in [0.5, 0.6) is 0 Å². The van der Waals surface area contributed by atoms with Crippen molar-refractivity contribution in [3.63, 3.8) is 0 Å². The van der Waals surface area contributed by atoms with Gasteiger partial charge >= 0.3 is 0 Å². The average molecular weight is 235 g/mol. The molecule has 0 atom stereocenters. The van der Waals surface area contributed by atoms with E-state index in [0.717, 1.165) is 25.0 Å². The molecule has 0 saturated heterocycles. The first kappa shape index (κ1) is 10.5. The third kappa shape index (κ3) is 2.74. The van der Waals surface area contributed by atoms with Gasteiger partial charge < -0.3 is 4.74 Å². The highest BCUT2D eigenvalue weighted by atomic mass is 79.9. The third-order valence-electron chi connectivity index (χ3n) is 2.82. The topological polar surface area (TPSA) is 9.23 Å². The summed E-state index contributed by atoms with van der Waals surface area (Å²) in [4.78, 5) is 0. The molecule has 0 N–H and O–H groups in total. The lowest BCUT2D eigenvalue weighted by atomic mass is 9.68. The number of hydrogen-bond acceptors (Lipinski definition) is 1. The Balaban J connectivity index is 2.04. The van der Waals surface area contributed by atoms with Crippen LogP contribution in [0.3, 0.4) is 0 Å². The molecule has 2 heteroatoms. The summed E-state index contributed by atoms with van der Waals surface area (Å²) in [5, 5.41) is 1.16. The molecule has 1 saturated carbocycles. The molecule has 12 heavy (non-hydrogen) atoms. The van der Waals surface area contributed by atoms with E-state index in [4.69, 9.17) is 4.74 Å². The lowest BCUT2D eigenvalue weighted by molar-refractivity contribution is 0.0663. The Hall–Kier alpha value is 0.440. The van der Waals surface area contributed by atoms with Gasteiger partial charge in [-0.3, -0.25) is 0 Å². The highest BCUT2D eigenvalue weighted by molar-refractivity contribution is 9.09. The molecule has 0 spiro atoms. The SMILES string of the molecule is CCCOCCC1(CBr)CCC1. The molecule has 0 radical (unpaired) electrons. The highest BCUT2D eigenvalue weighted by Crippen LogP contribution is 2.45. The molecule has 0 aliphatic heterocycles. The first-order valence-electron chi connectivity index (χ1n) is 4.97. The fraction of sp³-hybridized carbons (Fsp3) is 1.00. The van der Waals surface area contributed by atoms with Gasteiger partial charge in [-0.1, -0.05) is 29.3 Å². The van der Waals surface area contributed by atoms with Crippen LogP contribution in [-0.2, 0) is 4.74 Å². The predicted octanol–water partition coefficient (Wildman–Crippen LogP) is 3.37. The molecule has 0 amide bonds. The van der Waals surface area contributed by atoms with Crippen molar-refractivity contribution in [3.8, 4) is 0 Å². The second kappa shape index (κ2) is 5.23. The summed E-state index contributed by atoms with van der Waals surface area (Å²) >= 11 is 3.60. The van der Waals surface area contributed by atoms with Crippen LogP contribution in [-0.4, -0.2) is 18.5 Å². The minimum atomic E-state index is 0.605. The summed E-state index contributed by atoms with van der Waals surface area (Å²) in [6, 6.07) is 0. The quantitative estimate of drug-likeness (QED) is 0.506. The molecule has 0 aromatic carbocycles. The molecule has 0 aromatic heterocycles. The summed E-state index contributed by atoms with van der Waals surface area (Å²) in [6.45, 7) is 4.04. The molecule has 1 rings (SSSR count). The van der Waals surface area contributed by atoms with Crippen molar-refractivity contribution in [2.45, 2.75) is 39.0 Å². The van der Waals surface area contributed by atoms with Crippen molar-refractivity contribution in [2.75, 3.05) is 18.5 Å². The van der Waals surface area contributed by atoms with Crippen molar-refractivity contribution in [1.82, 2.24) is 0 Å². The molecule has 1 aliphatic rings. The van der Waals surface area contributed by atoms with Crippen LogP contribution < -0.4 is 0 Å². The van der Waals surface area contributed by atoms with Crippen LogP contribution >= 0.6 is 15.9 Å². The molecule has 1 nitrogen and oxygen atoms in total. The number of ether oxygens (including phenoxy) is 1. The Morgan fingerprint density at radius 3 is 2.50 bits per heavy atom. The van der Waals surface area contributed by atoms with Crippen molar-refractivity contribution >= 4 is 15.9 Å². The van der Waals surface area contributed by atoms with E-state index in [2.05, 4.69) is 22.9 Å². The van der Waals surface area contributed by atoms with Gasteiger partial charge in [-0.2, -0.15) is 0 Å². The van der Waals surface area contributed by atoms with Gasteiger partial charge in [0.1, 0.15) is 0 Å². The average Bonchev–Trinajstić information content (AvgIpc) is 2.02. The maximum atomic E-state index is 5.50. The van der Waals surface area contributed by atoms with Crippen LogP contribution in [0.4, 0.5) is 0 Å². The minimum absolute atomic E-state index is 0.605. The molecule has 0 bridgehead atoms. The van der Waals surface area contributed by atoms with E-state index >= 15 is 0 Å². The summed E-state index contributed by atoms with van der Waals surface area (Å²) in [5.41, 5.74) is 0.605. The lowest BCUT2D eigenvalue weighted by Crippen LogP contribution is -2.32. The summed E-state index contributed by atoms with van der Waals surface area (Å²) in [5.74, 6) is 0. The van der Waals surface area contributed by atoms with Gasteiger partial charge in [0, 0.05) is 18.5 Å². The molecule has 72 valence electrons. The van der Waals surface area contributed by atoms with Gasteiger partial charge in [0.25, 0.3) is 0 Å². The van der Waals surface area contributed by atoms with Crippen molar-refractivity contribution in [2.24, 2.45) is 5.41 Å². The molecular weight excluding hydrogens is 216 g/mol. The fourth-order valence-corrected chi connectivity index (χ4v) is 2.50. The van der Waals surface area contributed by atoms with E-state index in [0.29, 0.717) is 5.41 Å². The zero-order valence-corrected chi connectivity index (χ0v) is 9.53. The van der Waals surface area contributed by atoms with E-state index in [1.807, 2.05) is 0 Å². The van der Waals surface area contributed by atoms with E-state index in [1.54, 1.807) is 0 Å². The largest absolute Gasteiger partial charge is 0.381 e. The Morgan fingerprint density at radius 1 is 1.33 bits per heavy atom. The van der Waals surface area contributed by atoms with E-state index < -0.39 is 0 Å². The van der Waals surface area contributed by atoms with E-state index in [9.17, 15) is 0 Å². The monoisotopic (exact) mass is 234 g/mol. The predicted molar refractivity (Wildman–Crippen MR) is 55.8 cm³/mol. The smallest absolute Gasteiger partial charge is 0.0471 e.